The maximum Gasteiger partial charge on any atom is 0.429 e. The summed E-state index contributed by atoms with van der Waals surface area (Å²) in [7, 11) is 0. The molecule has 2 N–H and O–H groups in total. The number of hydrazine groups is 1. The van der Waals surface area contributed by atoms with Crippen molar-refractivity contribution >= 4 is 18.2 Å². The largest absolute Gasteiger partial charge is 0.464 e. The summed E-state index contributed by atoms with van der Waals surface area (Å²) in [5.74, 6) is -0.928. The Balaban J connectivity index is 3.33. The van der Waals surface area contributed by atoms with Crippen molar-refractivity contribution in [1.29, 1.82) is 0 Å². The van der Waals surface area contributed by atoms with E-state index >= 15 is 0 Å². The minimum atomic E-state index is -1.75. The molecule has 0 saturated heterocycles. The molecule has 0 aromatic heterocycles. The summed E-state index contributed by atoms with van der Waals surface area (Å²) < 4.78 is 15.6. The second kappa shape index (κ2) is 11.0. The van der Waals surface area contributed by atoms with Crippen molar-refractivity contribution in [1.82, 2.24) is 10.4 Å². The highest BCUT2D eigenvalue weighted by atomic mass is 16.6. The van der Waals surface area contributed by atoms with Crippen LogP contribution in [0, 0.1) is 0 Å². The van der Waals surface area contributed by atoms with E-state index in [0.29, 0.717) is 0 Å². The first kappa shape index (κ1) is 26.2. The van der Waals surface area contributed by atoms with Gasteiger partial charge in [0.05, 0.1) is 12.6 Å². The molecule has 1 rings (SSSR count). The Labute approximate surface area is 183 Å². The fraction of sp³-hybridized carbons (Fsp3) is 0.591. The van der Waals surface area contributed by atoms with Crippen LogP contribution in [-0.2, 0) is 25.4 Å². The summed E-state index contributed by atoms with van der Waals surface area (Å²) in [5.41, 5.74) is 1.32. The first-order valence-corrected chi connectivity index (χ1v) is 10.1. The smallest absolute Gasteiger partial charge is 0.429 e. The number of carbonyl (C=O) groups excluding carboxylic acids is 3. The van der Waals surface area contributed by atoms with Crippen LogP contribution >= 0.6 is 0 Å². The molecule has 1 aromatic carbocycles. The molecule has 0 heterocycles. The van der Waals surface area contributed by atoms with Crippen LogP contribution in [0.2, 0.25) is 0 Å². The van der Waals surface area contributed by atoms with Gasteiger partial charge in [0.2, 0.25) is 0 Å². The number of benzene rings is 1. The monoisotopic (exact) mass is 438 g/mol. The van der Waals surface area contributed by atoms with Crippen molar-refractivity contribution in [3.8, 4) is 0 Å². The second-order valence-electron chi connectivity index (χ2n) is 8.92. The molecule has 9 nitrogen and oxygen atoms in total. The molecule has 1 aromatic rings. The number of carbonyl (C=O) groups is 3. The Hall–Kier alpha value is -2.81. The van der Waals surface area contributed by atoms with Crippen LogP contribution in [-0.4, -0.2) is 58.2 Å². The zero-order valence-electron chi connectivity index (χ0n) is 19.3. The van der Waals surface area contributed by atoms with Gasteiger partial charge in [0.25, 0.3) is 0 Å². The molecule has 0 spiro atoms. The number of amides is 2. The maximum absolute atomic E-state index is 12.9. The Bertz CT molecular complexity index is 738. The second-order valence-corrected chi connectivity index (χ2v) is 8.92. The van der Waals surface area contributed by atoms with E-state index in [1.807, 2.05) is 6.07 Å². The molecule has 9 heteroatoms. The standard InChI is InChI=1S/C22H34N2O7/c1-8-29-18(26)17(25)16(14-15-12-10-9-11-13-15)24(20(28)31-22(5,6)7)23-19(27)30-21(2,3)4/h9-13,16-17,25H,8,14H2,1-7H3,(H,23,27)/t16-,17+/m1/s1. The molecule has 174 valence electrons. The highest BCUT2D eigenvalue weighted by Gasteiger charge is 2.39. The fourth-order valence-corrected chi connectivity index (χ4v) is 2.56. The van der Waals surface area contributed by atoms with Crippen LogP contribution in [0.4, 0.5) is 9.59 Å². The number of nitrogens with one attached hydrogen (secondary N) is 1. The van der Waals surface area contributed by atoms with Crippen molar-refractivity contribution in [2.24, 2.45) is 0 Å². The number of esters is 1. The van der Waals surface area contributed by atoms with Crippen molar-refractivity contribution < 1.29 is 33.7 Å². The predicted octanol–water partition coefficient (Wildman–Crippen LogP) is 3.20. The van der Waals surface area contributed by atoms with Gasteiger partial charge in [0.1, 0.15) is 11.2 Å². The molecule has 0 fully saturated rings. The third kappa shape index (κ3) is 9.69. The number of aliphatic hydroxyl groups is 1. The highest BCUT2D eigenvalue weighted by molar-refractivity contribution is 5.79. The van der Waals surface area contributed by atoms with Crippen LogP contribution in [0.5, 0.6) is 0 Å². The third-order valence-corrected chi connectivity index (χ3v) is 3.71. The van der Waals surface area contributed by atoms with Crippen LogP contribution in [0.15, 0.2) is 30.3 Å². The van der Waals surface area contributed by atoms with Gasteiger partial charge < -0.3 is 19.3 Å². The van der Waals surface area contributed by atoms with Gasteiger partial charge in [-0.2, -0.15) is 0 Å². The fourth-order valence-electron chi connectivity index (χ4n) is 2.56. The molecule has 0 saturated carbocycles. The van der Waals surface area contributed by atoms with Gasteiger partial charge in [0, 0.05) is 0 Å². The highest BCUT2D eigenvalue weighted by Crippen LogP contribution is 2.18. The Morgan fingerprint density at radius 2 is 1.55 bits per heavy atom. The van der Waals surface area contributed by atoms with Crippen molar-refractivity contribution in [2.75, 3.05) is 6.61 Å². The van der Waals surface area contributed by atoms with Crippen LogP contribution in [0.25, 0.3) is 0 Å². The number of hydrogen-bond donors (Lipinski definition) is 2. The van der Waals surface area contributed by atoms with Crippen LogP contribution in [0.1, 0.15) is 54.0 Å². The Morgan fingerprint density at radius 3 is 2.03 bits per heavy atom. The predicted molar refractivity (Wildman–Crippen MR) is 114 cm³/mol. The normalized spacial score (nSPS) is 13.5. The molecule has 2 amide bonds. The van der Waals surface area contributed by atoms with Gasteiger partial charge in [-0.15, -0.1) is 0 Å². The summed E-state index contributed by atoms with van der Waals surface area (Å²) in [6, 6.07) is 7.69. The maximum atomic E-state index is 12.9. The van der Waals surface area contributed by atoms with E-state index < -0.39 is 41.5 Å². The summed E-state index contributed by atoms with van der Waals surface area (Å²) in [4.78, 5) is 37.7. The average Bonchev–Trinajstić information content (AvgIpc) is 2.62. The summed E-state index contributed by atoms with van der Waals surface area (Å²) >= 11 is 0. The number of nitrogens with zero attached hydrogens (tertiary/aromatic N) is 1. The van der Waals surface area contributed by atoms with E-state index in [9.17, 15) is 19.5 Å². The Kier molecular flexibility index (Phi) is 9.30. The molecule has 0 aliphatic heterocycles. The van der Waals surface area contributed by atoms with Crippen molar-refractivity contribution in [3.05, 3.63) is 35.9 Å². The van der Waals surface area contributed by atoms with E-state index in [2.05, 4.69) is 5.43 Å². The molecule has 0 unspecified atom stereocenters. The molecule has 0 aliphatic rings. The van der Waals surface area contributed by atoms with Crippen LogP contribution in [0.3, 0.4) is 0 Å². The van der Waals surface area contributed by atoms with Gasteiger partial charge in [-0.25, -0.2) is 24.8 Å². The number of ether oxygens (including phenoxy) is 3. The first-order valence-electron chi connectivity index (χ1n) is 10.1. The van der Waals surface area contributed by atoms with Crippen molar-refractivity contribution in [3.63, 3.8) is 0 Å². The zero-order valence-corrected chi connectivity index (χ0v) is 19.3. The van der Waals surface area contributed by atoms with E-state index in [0.717, 1.165) is 10.6 Å². The topological polar surface area (TPSA) is 114 Å². The molecule has 0 bridgehead atoms. The van der Waals surface area contributed by atoms with Gasteiger partial charge >= 0.3 is 18.2 Å². The minimum absolute atomic E-state index is 0.0376. The first-order chi connectivity index (χ1) is 14.2. The summed E-state index contributed by atoms with van der Waals surface area (Å²) in [6.45, 7) is 11.6. The number of rotatable bonds is 6. The lowest BCUT2D eigenvalue weighted by Gasteiger charge is -2.35. The summed E-state index contributed by atoms with van der Waals surface area (Å²) in [6.07, 6.45) is -3.60. The molecule has 0 aliphatic carbocycles. The van der Waals surface area contributed by atoms with Gasteiger partial charge in [-0.05, 0) is 60.5 Å². The molecule has 31 heavy (non-hydrogen) atoms. The lowest BCUT2D eigenvalue weighted by atomic mass is 10.0. The SMILES string of the molecule is CCOC(=O)[C@@H](O)[C@@H](Cc1ccccc1)N(NC(=O)OC(C)(C)C)C(=O)OC(C)(C)C. The van der Waals surface area contributed by atoms with Gasteiger partial charge in [0.15, 0.2) is 6.10 Å². The lowest BCUT2D eigenvalue weighted by molar-refractivity contribution is -0.157. The van der Waals surface area contributed by atoms with E-state index in [1.165, 1.54) is 0 Å². The third-order valence-electron chi connectivity index (χ3n) is 3.71. The number of aliphatic hydroxyl groups excluding tert-OH is 1. The molecule has 2 atom stereocenters. The zero-order chi connectivity index (χ0) is 23.8. The number of hydrogen-bond acceptors (Lipinski definition) is 7. The van der Waals surface area contributed by atoms with E-state index in [-0.39, 0.29) is 13.0 Å². The van der Waals surface area contributed by atoms with E-state index in [1.54, 1.807) is 72.7 Å². The lowest BCUT2D eigenvalue weighted by Crippen LogP contribution is -2.60. The summed E-state index contributed by atoms with van der Waals surface area (Å²) in [5, 5.41) is 11.5. The minimum Gasteiger partial charge on any atom is -0.464 e. The molecule has 0 radical (unpaired) electrons. The van der Waals surface area contributed by atoms with Gasteiger partial charge in [-0.3, -0.25) is 0 Å². The quantitative estimate of drug-likeness (QED) is 0.398. The average molecular weight is 439 g/mol. The Morgan fingerprint density at radius 1 is 1.00 bits per heavy atom. The van der Waals surface area contributed by atoms with Crippen molar-refractivity contribution in [2.45, 2.75) is 78.2 Å². The van der Waals surface area contributed by atoms with Crippen LogP contribution < -0.4 is 5.43 Å². The molecular weight excluding hydrogens is 404 g/mol. The molecular formula is C22H34N2O7. The van der Waals surface area contributed by atoms with Gasteiger partial charge in [-0.1, -0.05) is 30.3 Å². The van der Waals surface area contributed by atoms with E-state index in [4.69, 9.17) is 14.2 Å².